The second kappa shape index (κ2) is 6.07. The second-order valence-corrected chi connectivity index (χ2v) is 4.94. The van der Waals surface area contributed by atoms with E-state index in [-0.39, 0.29) is 11.6 Å². The van der Waals surface area contributed by atoms with Gasteiger partial charge in [-0.25, -0.2) is 0 Å². The van der Waals surface area contributed by atoms with Crippen molar-refractivity contribution in [3.05, 3.63) is 46.8 Å². The number of ether oxygens (including phenoxy) is 1. The minimum Gasteiger partial charge on any atom is -0.377 e. The van der Waals surface area contributed by atoms with Crippen molar-refractivity contribution >= 4 is 11.6 Å². The van der Waals surface area contributed by atoms with Crippen molar-refractivity contribution in [1.29, 1.82) is 0 Å². The molecular formula is C15H17N3O3. The van der Waals surface area contributed by atoms with Crippen LogP contribution >= 0.6 is 0 Å². The molecule has 1 aliphatic rings. The fourth-order valence-electron chi connectivity index (χ4n) is 2.47. The van der Waals surface area contributed by atoms with Crippen LogP contribution in [-0.2, 0) is 24.3 Å². The molecule has 3 rings (SSSR count). The van der Waals surface area contributed by atoms with Crippen molar-refractivity contribution in [3.63, 3.8) is 0 Å². The second-order valence-electron chi connectivity index (χ2n) is 4.94. The molecule has 2 aromatic rings. The van der Waals surface area contributed by atoms with Crippen molar-refractivity contribution in [2.24, 2.45) is 0 Å². The van der Waals surface area contributed by atoms with Crippen LogP contribution < -0.4 is 10.6 Å². The van der Waals surface area contributed by atoms with Crippen molar-refractivity contribution in [2.75, 3.05) is 19.0 Å². The number of carbonyl (C=O) groups excluding carboxylic acids is 1. The summed E-state index contributed by atoms with van der Waals surface area (Å²) in [7, 11) is 1.56. The first kappa shape index (κ1) is 13.8. The van der Waals surface area contributed by atoms with E-state index in [1.54, 1.807) is 13.2 Å². The molecule has 0 aliphatic carbocycles. The quantitative estimate of drug-likeness (QED) is 0.895. The van der Waals surface area contributed by atoms with Gasteiger partial charge in [0.1, 0.15) is 6.61 Å². The highest BCUT2D eigenvalue weighted by Gasteiger charge is 2.17. The zero-order chi connectivity index (χ0) is 14.7. The minimum absolute atomic E-state index is 0.258. The number of benzene rings is 1. The highest BCUT2D eigenvalue weighted by molar-refractivity contribution is 6.03. The normalized spacial score (nSPS) is 13.8. The van der Waals surface area contributed by atoms with Crippen LogP contribution in [0.15, 0.2) is 28.8 Å². The zero-order valence-electron chi connectivity index (χ0n) is 11.8. The van der Waals surface area contributed by atoms with Gasteiger partial charge in [-0.15, -0.1) is 0 Å². The molecule has 0 spiro atoms. The standard InChI is InChI=1S/C15H17N3O3/c1-20-9-11-7-14(18-21-11)15(19)17-13-4-2-3-10-8-16-6-5-12(10)13/h2-4,7,16H,5-6,8-9H2,1H3,(H,17,19). The predicted octanol–water partition coefficient (Wildman–Crippen LogP) is 1.72. The first-order chi connectivity index (χ1) is 10.3. The molecule has 0 saturated carbocycles. The lowest BCUT2D eigenvalue weighted by Crippen LogP contribution is -2.25. The third-order valence-electron chi connectivity index (χ3n) is 3.47. The van der Waals surface area contributed by atoms with Crippen LogP contribution in [-0.4, -0.2) is 24.7 Å². The molecule has 1 aliphatic heterocycles. The third kappa shape index (κ3) is 2.96. The number of nitrogens with zero attached hydrogens (tertiary/aromatic N) is 1. The highest BCUT2D eigenvalue weighted by atomic mass is 16.5. The molecule has 6 nitrogen and oxygen atoms in total. The maximum atomic E-state index is 12.2. The molecule has 1 amide bonds. The molecule has 0 bridgehead atoms. The lowest BCUT2D eigenvalue weighted by molar-refractivity contribution is 0.101. The molecule has 2 N–H and O–H groups in total. The van der Waals surface area contributed by atoms with E-state index >= 15 is 0 Å². The van der Waals surface area contributed by atoms with Gasteiger partial charge in [-0.05, 0) is 30.2 Å². The summed E-state index contributed by atoms with van der Waals surface area (Å²) < 4.78 is 9.97. The maximum Gasteiger partial charge on any atom is 0.277 e. The number of hydrogen-bond donors (Lipinski definition) is 2. The Labute approximate surface area is 122 Å². The molecule has 0 radical (unpaired) electrons. The van der Waals surface area contributed by atoms with Crippen LogP contribution in [0.2, 0.25) is 0 Å². The average Bonchev–Trinajstić information content (AvgIpc) is 2.97. The first-order valence-corrected chi connectivity index (χ1v) is 6.85. The SMILES string of the molecule is COCc1cc(C(=O)Nc2cccc3c2CCNC3)no1. The summed E-state index contributed by atoms with van der Waals surface area (Å²) in [6.45, 7) is 2.05. The van der Waals surface area contributed by atoms with Crippen LogP contribution in [0.5, 0.6) is 0 Å². The number of methoxy groups -OCH3 is 1. The number of anilines is 1. The van der Waals surface area contributed by atoms with E-state index in [2.05, 4.69) is 21.9 Å². The Morgan fingerprint density at radius 1 is 1.52 bits per heavy atom. The van der Waals surface area contributed by atoms with E-state index in [1.165, 1.54) is 11.1 Å². The Kier molecular flexibility index (Phi) is 3.98. The van der Waals surface area contributed by atoms with Crippen molar-refractivity contribution < 1.29 is 14.1 Å². The van der Waals surface area contributed by atoms with Crippen molar-refractivity contribution in [3.8, 4) is 0 Å². The molecule has 2 heterocycles. The summed E-state index contributed by atoms with van der Waals surface area (Å²) >= 11 is 0. The molecule has 0 atom stereocenters. The van der Waals surface area contributed by atoms with Crippen molar-refractivity contribution in [1.82, 2.24) is 10.5 Å². The van der Waals surface area contributed by atoms with E-state index < -0.39 is 0 Å². The first-order valence-electron chi connectivity index (χ1n) is 6.85. The fourth-order valence-corrected chi connectivity index (χ4v) is 2.47. The number of rotatable bonds is 4. The lowest BCUT2D eigenvalue weighted by Gasteiger charge is -2.20. The van der Waals surface area contributed by atoms with Gasteiger partial charge in [0.2, 0.25) is 0 Å². The van der Waals surface area contributed by atoms with Gasteiger partial charge in [-0.1, -0.05) is 17.3 Å². The van der Waals surface area contributed by atoms with E-state index in [4.69, 9.17) is 9.26 Å². The van der Waals surface area contributed by atoms with Gasteiger partial charge in [0.15, 0.2) is 11.5 Å². The maximum absolute atomic E-state index is 12.2. The molecule has 1 aromatic carbocycles. The molecule has 6 heteroatoms. The molecule has 0 unspecified atom stereocenters. The lowest BCUT2D eigenvalue weighted by atomic mass is 9.99. The average molecular weight is 287 g/mol. The smallest absolute Gasteiger partial charge is 0.277 e. The van der Waals surface area contributed by atoms with Gasteiger partial charge in [0, 0.05) is 25.4 Å². The number of fused-ring (bicyclic) bond motifs is 1. The van der Waals surface area contributed by atoms with Crippen LogP contribution in [0.1, 0.15) is 27.4 Å². The van der Waals surface area contributed by atoms with Gasteiger partial charge < -0.3 is 19.9 Å². The fraction of sp³-hybridized carbons (Fsp3) is 0.333. The molecule has 110 valence electrons. The summed E-state index contributed by atoms with van der Waals surface area (Å²) in [5.74, 6) is 0.259. The molecule has 0 saturated heterocycles. The molecule has 0 fully saturated rings. The van der Waals surface area contributed by atoms with Gasteiger partial charge in [0.25, 0.3) is 5.91 Å². The summed E-state index contributed by atoms with van der Waals surface area (Å²) in [6, 6.07) is 7.53. The van der Waals surface area contributed by atoms with Crippen LogP contribution in [0.25, 0.3) is 0 Å². The van der Waals surface area contributed by atoms with E-state index in [0.717, 1.165) is 25.2 Å². The largest absolute Gasteiger partial charge is 0.377 e. The zero-order valence-corrected chi connectivity index (χ0v) is 11.8. The van der Waals surface area contributed by atoms with Crippen LogP contribution in [0.4, 0.5) is 5.69 Å². The number of amides is 1. The predicted molar refractivity (Wildman–Crippen MR) is 77.0 cm³/mol. The van der Waals surface area contributed by atoms with E-state index in [9.17, 15) is 4.79 Å². The number of nitrogens with one attached hydrogen (secondary N) is 2. The highest BCUT2D eigenvalue weighted by Crippen LogP contribution is 2.23. The Bertz CT molecular complexity index is 651. The molecule has 1 aromatic heterocycles. The van der Waals surface area contributed by atoms with Gasteiger partial charge in [-0.3, -0.25) is 4.79 Å². The van der Waals surface area contributed by atoms with Crippen LogP contribution in [0, 0.1) is 0 Å². The summed E-state index contributed by atoms with van der Waals surface area (Å²) in [5.41, 5.74) is 3.51. The summed E-state index contributed by atoms with van der Waals surface area (Å²) in [6.07, 6.45) is 0.902. The monoisotopic (exact) mass is 287 g/mol. The number of carbonyl (C=O) groups is 1. The summed E-state index contributed by atoms with van der Waals surface area (Å²) in [5, 5.41) is 9.99. The Morgan fingerprint density at radius 3 is 3.29 bits per heavy atom. The van der Waals surface area contributed by atoms with E-state index in [0.29, 0.717) is 12.4 Å². The van der Waals surface area contributed by atoms with Crippen molar-refractivity contribution in [2.45, 2.75) is 19.6 Å². The molecule has 21 heavy (non-hydrogen) atoms. The Balaban J connectivity index is 1.78. The number of hydrogen-bond acceptors (Lipinski definition) is 5. The van der Waals surface area contributed by atoms with Gasteiger partial charge in [-0.2, -0.15) is 0 Å². The Morgan fingerprint density at radius 2 is 2.43 bits per heavy atom. The minimum atomic E-state index is -0.270. The van der Waals surface area contributed by atoms with E-state index in [1.807, 2.05) is 12.1 Å². The van der Waals surface area contributed by atoms with Crippen LogP contribution in [0.3, 0.4) is 0 Å². The van der Waals surface area contributed by atoms with Gasteiger partial charge in [0.05, 0.1) is 0 Å². The third-order valence-corrected chi connectivity index (χ3v) is 3.47. The van der Waals surface area contributed by atoms with Gasteiger partial charge >= 0.3 is 0 Å². The summed E-state index contributed by atoms with van der Waals surface area (Å²) in [4.78, 5) is 12.2. The Hall–Kier alpha value is -2.18. The number of aromatic nitrogens is 1. The topological polar surface area (TPSA) is 76.4 Å². The molecular weight excluding hydrogens is 270 g/mol.